The molecule has 1 aromatic carbocycles. The van der Waals surface area contributed by atoms with E-state index in [1.54, 1.807) is 23.1 Å². The van der Waals surface area contributed by atoms with Crippen molar-refractivity contribution in [3.63, 3.8) is 0 Å². The lowest BCUT2D eigenvalue weighted by Gasteiger charge is -2.30. The van der Waals surface area contributed by atoms with E-state index in [4.69, 9.17) is 9.47 Å². The molecule has 20 heavy (non-hydrogen) atoms. The van der Waals surface area contributed by atoms with Gasteiger partial charge in [0, 0.05) is 6.54 Å². The van der Waals surface area contributed by atoms with Gasteiger partial charge in [-0.2, -0.15) is 0 Å². The van der Waals surface area contributed by atoms with Crippen LogP contribution in [-0.2, 0) is 11.4 Å². The van der Waals surface area contributed by atoms with Gasteiger partial charge in [-0.25, -0.2) is 0 Å². The minimum absolute atomic E-state index is 0.0121. The lowest BCUT2D eigenvalue weighted by Crippen LogP contribution is -2.39. The fourth-order valence-corrected chi connectivity index (χ4v) is 2.07. The highest BCUT2D eigenvalue weighted by Crippen LogP contribution is 2.41. The smallest absolute Gasteiger partial charge is 0.265 e. The fourth-order valence-electron chi connectivity index (χ4n) is 2.07. The number of aliphatic hydroxyl groups excluding tert-OH is 1. The van der Waals surface area contributed by atoms with Gasteiger partial charge in [-0.1, -0.05) is 13.0 Å². The zero-order chi connectivity index (χ0) is 14.5. The number of ether oxygens (including phenoxy) is 2. The molecule has 1 amide bonds. The largest absolute Gasteiger partial charge is 0.490 e. The van der Waals surface area contributed by atoms with Crippen LogP contribution in [0.4, 0.5) is 5.69 Å². The maximum absolute atomic E-state index is 11.9. The van der Waals surface area contributed by atoms with Crippen molar-refractivity contribution in [2.45, 2.75) is 20.0 Å². The van der Waals surface area contributed by atoms with Gasteiger partial charge in [0.15, 0.2) is 18.1 Å². The summed E-state index contributed by atoms with van der Waals surface area (Å²) >= 11 is 0. The molecule has 5 nitrogen and oxygen atoms in total. The third-order valence-electron chi connectivity index (χ3n) is 2.98. The first-order valence-electron chi connectivity index (χ1n) is 6.65. The highest BCUT2D eigenvalue weighted by atomic mass is 16.5. The Labute approximate surface area is 118 Å². The number of amides is 1. The summed E-state index contributed by atoms with van der Waals surface area (Å²) in [6, 6.07) is 3.49. The first kappa shape index (κ1) is 14.4. The zero-order valence-electron chi connectivity index (χ0n) is 11.6. The molecular formula is C15H19NO4. The molecule has 0 saturated carbocycles. The van der Waals surface area contributed by atoms with E-state index < -0.39 is 0 Å². The molecule has 0 aliphatic carbocycles. The van der Waals surface area contributed by atoms with Crippen molar-refractivity contribution in [2.75, 3.05) is 24.7 Å². The summed E-state index contributed by atoms with van der Waals surface area (Å²) in [6.07, 6.45) is 2.53. The first-order valence-corrected chi connectivity index (χ1v) is 6.65. The number of fused-ring (bicyclic) bond motifs is 1. The van der Waals surface area contributed by atoms with Gasteiger partial charge in [-0.15, -0.1) is 6.58 Å². The molecule has 0 unspecified atom stereocenters. The Morgan fingerprint density at radius 2 is 2.35 bits per heavy atom. The Morgan fingerprint density at radius 1 is 1.55 bits per heavy atom. The van der Waals surface area contributed by atoms with Crippen molar-refractivity contribution < 1.29 is 19.4 Å². The quantitative estimate of drug-likeness (QED) is 0.807. The molecule has 108 valence electrons. The second-order valence-electron chi connectivity index (χ2n) is 4.53. The molecule has 0 bridgehead atoms. The van der Waals surface area contributed by atoms with Crippen LogP contribution in [0.15, 0.2) is 24.8 Å². The lowest BCUT2D eigenvalue weighted by molar-refractivity contribution is -0.121. The van der Waals surface area contributed by atoms with Crippen LogP contribution < -0.4 is 14.4 Å². The molecule has 1 heterocycles. The maximum Gasteiger partial charge on any atom is 0.265 e. The minimum atomic E-state index is -0.131. The minimum Gasteiger partial charge on any atom is -0.490 e. The predicted octanol–water partition coefficient (Wildman–Crippen LogP) is 1.88. The number of hydrogen-bond donors (Lipinski definition) is 1. The summed E-state index contributed by atoms with van der Waals surface area (Å²) in [4.78, 5) is 13.5. The van der Waals surface area contributed by atoms with Gasteiger partial charge in [-0.3, -0.25) is 4.79 Å². The Morgan fingerprint density at radius 3 is 3.00 bits per heavy atom. The summed E-state index contributed by atoms with van der Waals surface area (Å²) in [5, 5.41) is 9.35. The van der Waals surface area contributed by atoms with Crippen LogP contribution >= 0.6 is 0 Å². The summed E-state index contributed by atoms with van der Waals surface area (Å²) < 4.78 is 11.2. The van der Waals surface area contributed by atoms with Gasteiger partial charge in [0.1, 0.15) is 0 Å². The molecule has 0 radical (unpaired) electrons. The first-order chi connectivity index (χ1) is 9.71. The third-order valence-corrected chi connectivity index (χ3v) is 2.98. The summed E-state index contributed by atoms with van der Waals surface area (Å²) in [5.74, 6) is 0.987. The molecule has 1 aliphatic heterocycles. The third kappa shape index (κ3) is 2.77. The van der Waals surface area contributed by atoms with Gasteiger partial charge in [0.05, 0.1) is 18.9 Å². The van der Waals surface area contributed by atoms with Crippen LogP contribution in [0.5, 0.6) is 11.5 Å². The van der Waals surface area contributed by atoms with Crippen molar-refractivity contribution in [2.24, 2.45) is 0 Å². The molecule has 1 aromatic rings. The summed E-state index contributed by atoms with van der Waals surface area (Å²) in [6.45, 7) is 6.50. The zero-order valence-corrected chi connectivity index (χ0v) is 11.6. The monoisotopic (exact) mass is 277 g/mol. The van der Waals surface area contributed by atoms with Crippen molar-refractivity contribution in [3.8, 4) is 11.5 Å². The van der Waals surface area contributed by atoms with E-state index in [0.717, 1.165) is 6.42 Å². The lowest BCUT2D eigenvalue weighted by atomic mass is 10.1. The van der Waals surface area contributed by atoms with Gasteiger partial charge in [-0.05, 0) is 24.1 Å². The van der Waals surface area contributed by atoms with E-state index in [1.165, 1.54) is 0 Å². The Bertz CT molecular complexity index is 513. The van der Waals surface area contributed by atoms with E-state index in [1.807, 2.05) is 6.92 Å². The van der Waals surface area contributed by atoms with E-state index in [0.29, 0.717) is 35.9 Å². The molecule has 1 N–H and O–H groups in total. The van der Waals surface area contributed by atoms with Crippen LogP contribution in [0, 0.1) is 0 Å². The van der Waals surface area contributed by atoms with Gasteiger partial charge in [0.25, 0.3) is 5.91 Å². The van der Waals surface area contributed by atoms with Crippen LogP contribution in [0.1, 0.15) is 18.9 Å². The molecule has 0 aromatic heterocycles. The molecule has 1 aliphatic rings. The summed E-state index contributed by atoms with van der Waals surface area (Å²) in [7, 11) is 0. The van der Waals surface area contributed by atoms with Gasteiger partial charge in [0.2, 0.25) is 0 Å². The van der Waals surface area contributed by atoms with Gasteiger partial charge >= 0.3 is 0 Å². The van der Waals surface area contributed by atoms with Crippen molar-refractivity contribution in [1.82, 2.24) is 0 Å². The van der Waals surface area contributed by atoms with Crippen LogP contribution in [-0.4, -0.2) is 30.8 Å². The predicted molar refractivity (Wildman–Crippen MR) is 76.2 cm³/mol. The number of benzene rings is 1. The average Bonchev–Trinajstić information content (AvgIpc) is 2.47. The molecule has 2 rings (SSSR count). The van der Waals surface area contributed by atoms with Crippen LogP contribution in [0.3, 0.4) is 0 Å². The second-order valence-corrected chi connectivity index (χ2v) is 4.53. The Hall–Kier alpha value is -2.01. The summed E-state index contributed by atoms with van der Waals surface area (Å²) in [5.41, 5.74) is 1.31. The number of carbonyl (C=O) groups is 1. The Kier molecular flexibility index (Phi) is 4.63. The molecule has 5 heteroatoms. The van der Waals surface area contributed by atoms with Gasteiger partial charge < -0.3 is 19.5 Å². The molecular weight excluding hydrogens is 258 g/mol. The Balaban J connectivity index is 2.46. The molecule has 0 saturated heterocycles. The van der Waals surface area contributed by atoms with Crippen molar-refractivity contribution >= 4 is 11.6 Å². The average molecular weight is 277 g/mol. The molecule has 0 atom stereocenters. The number of aliphatic hydroxyl groups is 1. The maximum atomic E-state index is 11.9. The van der Waals surface area contributed by atoms with Crippen LogP contribution in [0.2, 0.25) is 0 Å². The van der Waals surface area contributed by atoms with E-state index in [9.17, 15) is 9.90 Å². The number of hydrogen-bond acceptors (Lipinski definition) is 4. The highest BCUT2D eigenvalue weighted by molar-refractivity contribution is 5.98. The van der Waals surface area contributed by atoms with E-state index >= 15 is 0 Å². The van der Waals surface area contributed by atoms with Crippen molar-refractivity contribution in [3.05, 3.63) is 30.4 Å². The molecule has 0 spiro atoms. The standard InChI is InChI=1S/C15H19NO4/c1-3-5-16-12-7-11(9-17)8-13(19-6-4-2)15(12)20-10-14(16)18/h3,7-8,17H,1,4-6,9-10H2,2H3. The topological polar surface area (TPSA) is 59.0 Å². The number of anilines is 1. The van der Waals surface area contributed by atoms with E-state index in [2.05, 4.69) is 6.58 Å². The normalized spacial score (nSPS) is 13.7. The molecule has 0 fully saturated rings. The fraction of sp³-hybridized carbons (Fsp3) is 0.400. The van der Waals surface area contributed by atoms with Crippen LogP contribution in [0.25, 0.3) is 0 Å². The highest BCUT2D eigenvalue weighted by Gasteiger charge is 2.28. The number of rotatable bonds is 6. The SMILES string of the molecule is C=CCN1C(=O)COc2c(OCCC)cc(CO)cc21. The van der Waals surface area contributed by atoms with E-state index in [-0.39, 0.29) is 19.1 Å². The number of carbonyl (C=O) groups excluding carboxylic acids is 1. The number of nitrogens with zero attached hydrogens (tertiary/aromatic N) is 1. The van der Waals surface area contributed by atoms with Crippen molar-refractivity contribution in [1.29, 1.82) is 0 Å². The second kappa shape index (κ2) is 6.43.